The minimum absolute atomic E-state index is 0.0876. The molecule has 0 saturated carbocycles. The predicted octanol–water partition coefficient (Wildman–Crippen LogP) is 5.55. The molecular formula is C34H30N2O7S. The second-order valence-electron chi connectivity index (χ2n) is 10.4. The lowest BCUT2D eigenvalue weighted by Crippen LogP contribution is -2.31. The number of methoxy groups -OCH3 is 1. The number of ether oxygens (including phenoxy) is 4. The molecule has 224 valence electrons. The second-order valence-corrected chi connectivity index (χ2v) is 11.6. The summed E-state index contributed by atoms with van der Waals surface area (Å²) in [6.45, 7) is 2.15. The zero-order valence-corrected chi connectivity index (χ0v) is 25.2. The lowest BCUT2D eigenvalue weighted by Gasteiger charge is -2.18. The maximum Gasteiger partial charge on any atom is 0.338 e. The molecule has 6 rings (SSSR count). The van der Waals surface area contributed by atoms with Gasteiger partial charge in [-0.3, -0.25) is 9.52 Å². The molecule has 0 bridgehead atoms. The van der Waals surface area contributed by atoms with Crippen LogP contribution in [0, 0.1) is 6.92 Å². The van der Waals surface area contributed by atoms with Crippen LogP contribution < -0.4 is 18.9 Å². The van der Waals surface area contributed by atoms with Gasteiger partial charge in [-0.05, 0) is 65.6 Å². The molecule has 10 heteroatoms. The molecule has 1 aliphatic heterocycles. The van der Waals surface area contributed by atoms with E-state index in [0.29, 0.717) is 38.8 Å². The summed E-state index contributed by atoms with van der Waals surface area (Å²) in [5, 5.41) is 0.753. The number of esters is 1. The van der Waals surface area contributed by atoms with Crippen LogP contribution in [-0.2, 0) is 34.2 Å². The fourth-order valence-corrected chi connectivity index (χ4v) is 6.20. The molecule has 1 aromatic heterocycles. The Labute approximate surface area is 256 Å². The third-order valence-electron chi connectivity index (χ3n) is 7.49. The third kappa shape index (κ3) is 5.76. The van der Waals surface area contributed by atoms with Gasteiger partial charge >= 0.3 is 5.97 Å². The number of nitrogens with one attached hydrogen (secondary N) is 1. The van der Waals surface area contributed by atoms with E-state index in [1.165, 1.54) is 7.11 Å². The van der Waals surface area contributed by atoms with Crippen molar-refractivity contribution in [2.75, 3.05) is 13.9 Å². The van der Waals surface area contributed by atoms with Gasteiger partial charge in [-0.2, -0.15) is 0 Å². The van der Waals surface area contributed by atoms with Crippen molar-refractivity contribution in [3.63, 3.8) is 0 Å². The summed E-state index contributed by atoms with van der Waals surface area (Å²) in [5.41, 5.74) is 4.23. The maximum absolute atomic E-state index is 14.0. The molecule has 2 atom stereocenters. The summed E-state index contributed by atoms with van der Waals surface area (Å²) >= 11 is 0. The van der Waals surface area contributed by atoms with Crippen molar-refractivity contribution in [1.29, 1.82) is 0 Å². The zero-order valence-electron chi connectivity index (χ0n) is 24.4. The lowest BCUT2D eigenvalue weighted by atomic mass is 9.90. The monoisotopic (exact) mass is 610 g/mol. The average Bonchev–Trinajstić information content (AvgIpc) is 3.64. The number of nitrogens with zero attached hydrogens (tertiary/aromatic N) is 1. The fraction of sp³-hybridized carbons (Fsp3) is 0.176. The van der Waals surface area contributed by atoms with E-state index in [4.69, 9.17) is 18.9 Å². The first-order chi connectivity index (χ1) is 21.3. The van der Waals surface area contributed by atoms with Gasteiger partial charge in [0.2, 0.25) is 12.7 Å². The first-order valence-electron chi connectivity index (χ1n) is 13.9. The van der Waals surface area contributed by atoms with Crippen LogP contribution in [-0.4, -0.2) is 34.6 Å². The Morgan fingerprint density at radius 1 is 0.977 bits per heavy atom. The summed E-state index contributed by atoms with van der Waals surface area (Å²) in [5.74, 6) is -0.290. The number of carbonyl (C=O) groups is 2. The van der Waals surface area contributed by atoms with Crippen molar-refractivity contribution in [3.8, 4) is 17.2 Å². The van der Waals surface area contributed by atoms with E-state index >= 15 is 0 Å². The van der Waals surface area contributed by atoms with Crippen LogP contribution in [0.4, 0.5) is 0 Å². The van der Waals surface area contributed by atoms with Crippen LogP contribution >= 0.6 is 0 Å². The topological polar surface area (TPSA) is 105 Å². The summed E-state index contributed by atoms with van der Waals surface area (Å²) in [4.78, 5) is 27.3. The highest BCUT2D eigenvalue weighted by atomic mass is 32.2. The molecule has 1 aliphatic rings. The Morgan fingerprint density at radius 2 is 1.77 bits per heavy atom. The van der Waals surface area contributed by atoms with Crippen molar-refractivity contribution in [1.82, 2.24) is 9.29 Å². The predicted molar refractivity (Wildman–Crippen MR) is 165 cm³/mol. The number of hydrogen-bond donors (Lipinski definition) is 1. The van der Waals surface area contributed by atoms with E-state index in [2.05, 4.69) is 4.72 Å². The molecule has 2 unspecified atom stereocenters. The van der Waals surface area contributed by atoms with E-state index in [1.54, 1.807) is 48.5 Å². The van der Waals surface area contributed by atoms with E-state index in [9.17, 15) is 13.8 Å². The minimum Gasteiger partial charge on any atom is -0.495 e. The van der Waals surface area contributed by atoms with E-state index in [1.807, 2.05) is 61.1 Å². The highest BCUT2D eigenvalue weighted by Gasteiger charge is 2.30. The van der Waals surface area contributed by atoms with Gasteiger partial charge in [0.25, 0.3) is 0 Å². The Bertz CT molecular complexity index is 1900. The van der Waals surface area contributed by atoms with Crippen LogP contribution in [0.1, 0.15) is 38.5 Å². The molecule has 0 fully saturated rings. The van der Waals surface area contributed by atoms with Gasteiger partial charge in [0.15, 0.2) is 22.5 Å². The van der Waals surface area contributed by atoms with Gasteiger partial charge < -0.3 is 23.5 Å². The molecule has 1 amide bonds. The van der Waals surface area contributed by atoms with Crippen LogP contribution in [0.25, 0.3) is 10.9 Å². The molecule has 44 heavy (non-hydrogen) atoms. The summed E-state index contributed by atoms with van der Waals surface area (Å²) in [7, 11) is 1.43. The Kier molecular flexibility index (Phi) is 8.08. The van der Waals surface area contributed by atoms with Crippen LogP contribution in [0.3, 0.4) is 0 Å². The van der Waals surface area contributed by atoms with E-state index in [-0.39, 0.29) is 13.4 Å². The number of hydrogen-bond acceptors (Lipinski definition) is 7. The normalized spacial score (nSPS) is 13.3. The maximum atomic E-state index is 14.0. The van der Waals surface area contributed by atoms with Gasteiger partial charge in [0, 0.05) is 24.1 Å². The first kappa shape index (κ1) is 29.0. The van der Waals surface area contributed by atoms with Crippen molar-refractivity contribution in [2.45, 2.75) is 24.3 Å². The number of carbonyl (C=O) groups excluding carboxylic acids is 2. The first-order valence-corrected chi connectivity index (χ1v) is 15.0. The van der Waals surface area contributed by atoms with Crippen molar-refractivity contribution in [2.24, 2.45) is 7.05 Å². The minimum atomic E-state index is -1.90. The average molecular weight is 611 g/mol. The third-order valence-corrected chi connectivity index (χ3v) is 8.61. The van der Waals surface area contributed by atoms with Crippen LogP contribution in [0.15, 0.2) is 96.0 Å². The van der Waals surface area contributed by atoms with Crippen molar-refractivity contribution >= 4 is 33.8 Å². The van der Waals surface area contributed by atoms with Crippen LogP contribution in [0.2, 0.25) is 0 Å². The molecule has 2 heterocycles. The number of amides is 1. The lowest BCUT2D eigenvalue weighted by molar-refractivity contribution is -0.119. The second kappa shape index (κ2) is 12.3. The molecule has 0 saturated heterocycles. The smallest absolute Gasteiger partial charge is 0.338 e. The molecule has 0 aliphatic carbocycles. The molecule has 5 aromatic rings. The molecule has 0 spiro atoms. The quantitative estimate of drug-likeness (QED) is 0.218. The van der Waals surface area contributed by atoms with Gasteiger partial charge in [0.05, 0.1) is 18.6 Å². The highest BCUT2D eigenvalue weighted by Crippen LogP contribution is 2.39. The molecular weight excluding hydrogens is 580 g/mol. The van der Waals surface area contributed by atoms with Gasteiger partial charge in [-0.25, -0.2) is 9.00 Å². The van der Waals surface area contributed by atoms with Crippen molar-refractivity contribution in [3.05, 3.63) is 119 Å². The van der Waals surface area contributed by atoms with Gasteiger partial charge in [-0.1, -0.05) is 48.5 Å². The Balaban J connectivity index is 1.35. The van der Waals surface area contributed by atoms with E-state index in [0.717, 1.165) is 22.0 Å². The standard InChI is InChI=1S/C34H30N2O7S/c1-21-9-14-31(30(15-21)40-3)44(39)35-33(37)32(23-11-13-28-29(17-23)43-20-42-28)26-18-36(2)27-16-24(10-12-25(26)27)34(38)41-19-22-7-5-4-6-8-22/h4-18,32H,19-20H2,1-3H3,(H,35,37). The summed E-state index contributed by atoms with van der Waals surface area (Å²) in [6, 6.07) is 25.3. The highest BCUT2D eigenvalue weighted by molar-refractivity contribution is 7.83. The molecule has 0 radical (unpaired) electrons. The molecule has 9 nitrogen and oxygen atoms in total. The number of fused-ring (bicyclic) bond motifs is 2. The molecule has 1 N–H and O–H groups in total. The fourth-order valence-electron chi connectivity index (χ4n) is 5.28. The number of rotatable bonds is 9. The Hall–Kier alpha value is -5.09. The zero-order chi connectivity index (χ0) is 30.8. The number of benzene rings is 4. The van der Waals surface area contributed by atoms with Gasteiger partial charge in [0.1, 0.15) is 17.3 Å². The summed E-state index contributed by atoms with van der Waals surface area (Å²) < 4.78 is 40.0. The Morgan fingerprint density at radius 3 is 2.57 bits per heavy atom. The SMILES string of the molecule is COc1cc(C)ccc1S(=O)NC(=O)C(c1ccc2c(c1)OCO2)c1cn(C)c2cc(C(=O)OCc3ccccc3)ccc12. The van der Waals surface area contributed by atoms with E-state index < -0.39 is 28.8 Å². The van der Waals surface area contributed by atoms with Gasteiger partial charge in [-0.15, -0.1) is 0 Å². The summed E-state index contributed by atoms with van der Waals surface area (Å²) in [6.07, 6.45) is 1.84. The number of aromatic nitrogens is 1. The van der Waals surface area contributed by atoms with Crippen molar-refractivity contribution < 1.29 is 32.7 Å². The largest absolute Gasteiger partial charge is 0.495 e. The van der Waals surface area contributed by atoms with Crippen LogP contribution in [0.5, 0.6) is 17.2 Å². The number of aryl methyl sites for hydroxylation is 2. The molecule has 4 aromatic carbocycles.